The Balaban J connectivity index is 2.37. The molecule has 2 nitrogen and oxygen atoms in total. The zero-order valence-corrected chi connectivity index (χ0v) is 9.09. The van der Waals surface area contributed by atoms with Crippen molar-refractivity contribution >= 4 is 0 Å². The third kappa shape index (κ3) is 2.09. The van der Waals surface area contributed by atoms with Crippen molar-refractivity contribution in [1.29, 1.82) is 0 Å². The molecule has 0 aliphatic carbocycles. The summed E-state index contributed by atoms with van der Waals surface area (Å²) in [6.45, 7) is 4.45. The van der Waals surface area contributed by atoms with Crippen LogP contribution in [0.2, 0.25) is 0 Å². The number of benzene rings is 1. The van der Waals surface area contributed by atoms with Crippen molar-refractivity contribution < 1.29 is 0 Å². The molecule has 2 aromatic rings. The lowest BCUT2D eigenvalue weighted by Gasteiger charge is -2.22. The lowest BCUT2D eigenvalue weighted by molar-refractivity contribution is 0.436. The Morgan fingerprint density at radius 1 is 1.27 bits per heavy atom. The van der Waals surface area contributed by atoms with Crippen LogP contribution in [0.4, 0.5) is 0 Å². The maximum absolute atomic E-state index is 4.11. The quantitative estimate of drug-likeness (QED) is 0.743. The molecule has 1 radical (unpaired) electrons. The monoisotopic (exact) mass is 199 g/mol. The van der Waals surface area contributed by atoms with Crippen LogP contribution in [0, 0.1) is 12.0 Å². The normalized spacial score (nSPS) is 13.0. The summed E-state index contributed by atoms with van der Waals surface area (Å²) in [6, 6.07) is 11.6. The molecule has 0 aliphatic heterocycles. The Kier molecular flexibility index (Phi) is 2.86. The molecular formula is C13H15N2. The van der Waals surface area contributed by atoms with E-state index in [1.54, 1.807) is 0 Å². The second-order valence-corrected chi connectivity index (χ2v) is 4.03. The van der Waals surface area contributed by atoms with Crippen LogP contribution in [0.15, 0.2) is 43.0 Å². The molecule has 77 valence electrons. The first-order chi connectivity index (χ1) is 7.29. The predicted molar refractivity (Wildman–Crippen MR) is 60.5 cm³/mol. The fourth-order valence-corrected chi connectivity index (χ4v) is 1.93. The van der Waals surface area contributed by atoms with E-state index in [-0.39, 0.29) is 0 Å². The first kappa shape index (κ1) is 9.97. The van der Waals surface area contributed by atoms with E-state index >= 15 is 0 Å². The first-order valence-electron chi connectivity index (χ1n) is 5.22. The summed E-state index contributed by atoms with van der Waals surface area (Å²) >= 11 is 0. The van der Waals surface area contributed by atoms with Crippen molar-refractivity contribution in [3.63, 3.8) is 0 Å². The summed E-state index contributed by atoms with van der Waals surface area (Å²) in [6.07, 6.45) is 5.72. The van der Waals surface area contributed by atoms with Gasteiger partial charge in [0.05, 0.1) is 12.4 Å². The van der Waals surface area contributed by atoms with E-state index in [0.29, 0.717) is 12.0 Å². The molecule has 0 spiro atoms. The predicted octanol–water partition coefficient (Wildman–Crippen LogP) is 2.93. The Morgan fingerprint density at radius 3 is 2.53 bits per heavy atom. The fraction of sp³-hybridized carbons (Fsp3) is 0.308. The number of aromatic nitrogens is 2. The van der Waals surface area contributed by atoms with Crippen LogP contribution in [-0.2, 0) is 0 Å². The number of hydrogen-bond acceptors (Lipinski definition) is 1. The molecule has 0 amide bonds. The van der Waals surface area contributed by atoms with Gasteiger partial charge in [-0.3, -0.25) is 0 Å². The molecule has 1 atom stereocenters. The van der Waals surface area contributed by atoms with Crippen LogP contribution in [0.5, 0.6) is 0 Å². The summed E-state index contributed by atoms with van der Waals surface area (Å²) in [5.74, 6) is 0.543. The van der Waals surface area contributed by atoms with Gasteiger partial charge in [-0.2, -0.15) is 0 Å². The summed E-state index contributed by atoms with van der Waals surface area (Å²) in [4.78, 5) is 4.11. The first-order valence-corrected chi connectivity index (χ1v) is 5.22. The van der Waals surface area contributed by atoms with Crippen molar-refractivity contribution in [2.45, 2.75) is 19.9 Å². The van der Waals surface area contributed by atoms with E-state index in [1.807, 2.05) is 30.9 Å². The van der Waals surface area contributed by atoms with Gasteiger partial charge in [0.1, 0.15) is 0 Å². The van der Waals surface area contributed by atoms with Crippen molar-refractivity contribution in [2.24, 2.45) is 5.92 Å². The van der Waals surface area contributed by atoms with Gasteiger partial charge < -0.3 is 4.57 Å². The van der Waals surface area contributed by atoms with Gasteiger partial charge in [-0.25, -0.2) is 4.98 Å². The maximum Gasteiger partial charge on any atom is 0.0951 e. The average Bonchev–Trinajstić information content (AvgIpc) is 2.72. The molecule has 0 saturated carbocycles. The minimum atomic E-state index is 0.363. The van der Waals surface area contributed by atoms with Gasteiger partial charge in [0.15, 0.2) is 0 Å². The van der Waals surface area contributed by atoms with Crippen LogP contribution >= 0.6 is 0 Å². The van der Waals surface area contributed by atoms with Crippen molar-refractivity contribution in [2.75, 3.05) is 0 Å². The summed E-state index contributed by atoms with van der Waals surface area (Å²) < 4.78 is 2.15. The summed E-state index contributed by atoms with van der Waals surface area (Å²) in [7, 11) is 0. The molecular weight excluding hydrogens is 184 g/mol. The highest BCUT2D eigenvalue weighted by atomic mass is 15.1. The standard InChI is InChI=1S/C13H15N2/c1-11(2)13(15-9-8-14-10-15)12-6-4-3-5-7-12/h4-11,13H,1-2H3. The zero-order valence-electron chi connectivity index (χ0n) is 9.09. The number of imidazole rings is 1. The van der Waals surface area contributed by atoms with Crippen LogP contribution < -0.4 is 0 Å². The number of hydrogen-bond donors (Lipinski definition) is 0. The smallest absolute Gasteiger partial charge is 0.0951 e. The van der Waals surface area contributed by atoms with E-state index in [9.17, 15) is 0 Å². The Labute approximate surface area is 90.6 Å². The average molecular weight is 199 g/mol. The van der Waals surface area contributed by atoms with Gasteiger partial charge in [0.2, 0.25) is 0 Å². The SMILES string of the molecule is CC(C)C(c1cc[c]cc1)n1ccnc1. The van der Waals surface area contributed by atoms with Crippen molar-refractivity contribution in [3.05, 3.63) is 54.6 Å². The molecule has 2 heteroatoms. The molecule has 0 bridgehead atoms. The lowest BCUT2D eigenvalue weighted by Crippen LogP contribution is -2.14. The highest BCUT2D eigenvalue weighted by Gasteiger charge is 2.16. The molecule has 0 fully saturated rings. The Hall–Kier alpha value is -1.57. The Bertz CT molecular complexity index is 390. The third-order valence-corrected chi connectivity index (χ3v) is 2.56. The second-order valence-electron chi connectivity index (χ2n) is 4.03. The van der Waals surface area contributed by atoms with E-state index in [0.717, 1.165) is 0 Å². The van der Waals surface area contributed by atoms with Crippen molar-refractivity contribution in [1.82, 2.24) is 9.55 Å². The van der Waals surface area contributed by atoms with Crippen LogP contribution in [-0.4, -0.2) is 9.55 Å². The molecule has 1 aromatic heterocycles. The van der Waals surface area contributed by atoms with Crippen LogP contribution in [0.3, 0.4) is 0 Å². The fourth-order valence-electron chi connectivity index (χ4n) is 1.93. The van der Waals surface area contributed by atoms with Gasteiger partial charge in [-0.15, -0.1) is 0 Å². The van der Waals surface area contributed by atoms with Gasteiger partial charge in [0, 0.05) is 12.4 Å². The summed E-state index contributed by atoms with van der Waals surface area (Å²) in [5.41, 5.74) is 1.31. The molecule has 0 N–H and O–H groups in total. The van der Waals surface area contributed by atoms with Crippen LogP contribution in [0.25, 0.3) is 0 Å². The lowest BCUT2D eigenvalue weighted by atomic mass is 9.96. The van der Waals surface area contributed by atoms with Crippen LogP contribution in [0.1, 0.15) is 25.5 Å². The molecule has 0 aliphatic rings. The topological polar surface area (TPSA) is 17.8 Å². The second kappa shape index (κ2) is 4.30. The minimum Gasteiger partial charge on any atom is -0.330 e. The molecule has 2 rings (SSSR count). The van der Waals surface area contributed by atoms with Gasteiger partial charge in [0.25, 0.3) is 0 Å². The van der Waals surface area contributed by atoms with E-state index < -0.39 is 0 Å². The summed E-state index contributed by atoms with van der Waals surface area (Å²) in [5, 5.41) is 0. The van der Waals surface area contributed by atoms with Gasteiger partial charge in [-0.05, 0) is 17.5 Å². The van der Waals surface area contributed by atoms with Gasteiger partial charge in [-0.1, -0.05) is 38.1 Å². The third-order valence-electron chi connectivity index (χ3n) is 2.56. The molecule has 15 heavy (non-hydrogen) atoms. The molecule has 0 saturated heterocycles. The molecule has 1 unspecified atom stereocenters. The van der Waals surface area contributed by atoms with Gasteiger partial charge >= 0.3 is 0 Å². The highest BCUT2D eigenvalue weighted by Crippen LogP contribution is 2.25. The van der Waals surface area contributed by atoms with E-state index in [2.05, 4.69) is 41.6 Å². The molecule has 1 aromatic carbocycles. The zero-order chi connectivity index (χ0) is 10.7. The highest BCUT2D eigenvalue weighted by molar-refractivity contribution is 5.19. The molecule has 1 heterocycles. The van der Waals surface area contributed by atoms with Crippen molar-refractivity contribution in [3.8, 4) is 0 Å². The number of rotatable bonds is 3. The minimum absolute atomic E-state index is 0.363. The van der Waals surface area contributed by atoms with E-state index in [4.69, 9.17) is 0 Å². The maximum atomic E-state index is 4.11. The Morgan fingerprint density at radius 2 is 2.00 bits per heavy atom. The number of nitrogens with zero attached hydrogens (tertiary/aromatic N) is 2. The van der Waals surface area contributed by atoms with E-state index in [1.165, 1.54) is 5.56 Å². The largest absolute Gasteiger partial charge is 0.330 e.